The van der Waals surface area contributed by atoms with Gasteiger partial charge in [-0.15, -0.1) is 11.3 Å². The number of hydrogen-bond acceptors (Lipinski definition) is 5. The SMILES string of the molecule is COc1ccccc1-c1nn(CN2CCc3sccc3C2)c(=S)n1C. The molecule has 0 atom stereocenters. The molecule has 130 valence electrons. The van der Waals surface area contributed by atoms with Crippen LogP contribution in [-0.2, 0) is 26.7 Å². The number of thiophene rings is 1. The third-order valence-electron chi connectivity index (χ3n) is 4.61. The van der Waals surface area contributed by atoms with E-state index in [1.54, 1.807) is 7.11 Å². The highest BCUT2D eigenvalue weighted by molar-refractivity contribution is 7.71. The van der Waals surface area contributed by atoms with Gasteiger partial charge in [0.1, 0.15) is 5.75 Å². The Labute approximate surface area is 156 Å². The molecule has 7 heteroatoms. The van der Waals surface area contributed by atoms with Crippen molar-refractivity contribution in [1.29, 1.82) is 0 Å². The van der Waals surface area contributed by atoms with E-state index in [0.717, 1.165) is 41.4 Å². The third kappa shape index (κ3) is 3.03. The maximum atomic E-state index is 5.62. The van der Waals surface area contributed by atoms with E-state index in [1.165, 1.54) is 10.4 Å². The van der Waals surface area contributed by atoms with Crippen LogP contribution in [0.2, 0.25) is 0 Å². The Morgan fingerprint density at radius 3 is 2.96 bits per heavy atom. The number of para-hydroxylation sites is 1. The summed E-state index contributed by atoms with van der Waals surface area (Å²) in [5.41, 5.74) is 2.39. The predicted molar refractivity (Wildman–Crippen MR) is 102 cm³/mol. The van der Waals surface area contributed by atoms with Gasteiger partial charge in [-0.3, -0.25) is 4.90 Å². The molecule has 0 saturated heterocycles. The van der Waals surface area contributed by atoms with E-state index < -0.39 is 0 Å². The van der Waals surface area contributed by atoms with Crippen LogP contribution in [0.1, 0.15) is 10.4 Å². The molecule has 0 radical (unpaired) electrons. The second kappa shape index (κ2) is 6.74. The van der Waals surface area contributed by atoms with Gasteiger partial charge in [0.05, 0.1) is 19.3 Å². The molecule has 0 aliphatic carbocycles. The summed E-state index contributed by atoms with van der Waals surface area (Å²) in [5.74, 6) is 1.63. The highest BCUT2D eigenvalue weighted by atomic mass is 32.1. The zero-order valence-corrected chi connectivity index (χ0v) is 15.9. The summed E-state index contributed by atoms with van der Waals surface area (Å²) in [6.45, 7) is 2.70. The summed E-state index contributed by atoms with van der Waals surface area (Å²) in [5, 5.41) is 6.96. The van der Waals surface area contributed by atoms with E-state index in [0.29, 0.717) is 6.67 Å². The van der Waals surface area contributed by atoms with Crippen LogP contribution < -0.4 is 4.74 Å². The molecular formula is C18H20N4OS2. The first-order valence-electron chi connectivity index (χ1n) is 8.22. The van der Waals surface area contributed by atoms with Gasteiger partial charge >= 0.3 is 0 Å². The number of fused-ring (bicyclic) bond motifs is 1. The number of benzene rings is 1. The van der Waals surface area contributed by atoms with Crippen molar-refractivity contribution in [2.24, 2.45) is 7.05 Å². The Hall–Kier alpha value is -1.96. The van der Waals surface area contributed by atoms with Crippen LogP contribution in [0, 0.1) is 4.77 Å². The fourth-order valence-corrected chi connectivity index (χ4v) is 4.34. The Morgan fingerprint density at radius 2 is 2.12 bits per heavy atom. The fourth-order valence-electron chi connectivity index (χ4n) is 3.26. The molecule has 0 N–H and O–H groups in total. The van der Waals surface area contributed by atoms with E-state index in [2.05, 4.69) is 16.3 Å². The smallest absolute Gasteiger partial charge is 0.199 e. The lowest BCUT2D eigenvalue weighted by molar-refractivity contribution is 0.189. The molecule has 1 aliphatic heterocycles. The first kappa shape index (κ1) is 16.5. The van der Waals surface area contributed by atoms with Crippen LogP contribution in [0.15, 0.2) is 35.7 Å². The molecule has 0 bridgehead atoms. The predicted octanol–water partition coefficient (Wildman–Crippen LogP) is 3.70. The van der Waals surface area contributed by atoms with Crippen molar-refractivity contribution in [2.45, 2.75) is 19.6 Å². The standard InChI is InChI=1S/C18H20N4OS2/c1-20-17(14-5-3-4-6-15(14)23-2)19-22(18(20)24)12-21-9-7-16-13(11-21)8-10-25-16/h3-6,8,10H,7,9,11-12H2,1-2H3. The first-order valence-corrected chi connectivity index (χ1v) is 9.51. The van der Waals surface area contributed by atoms with Crippen LogP contribution in [0.3, 0.4) is 0 Å². The largest absolute Gasteiger partial charge is 0.496 e. The second-order valence-corrected chi connectivity index (χ2v) is 7.54. The van der Waals surface area contributed by atoms with Gasteiger partial charge in [-0.05, 0) is 47.8 Å². The molecule has 3 aromatic rings. The average molecular weight is 373 g/mol. The maximum absolute atomic E-state index is 5.62. The number of rotatable bonds is 4. The Morgan fingerprint density at radius 1 is 1.28 bits per heavy atom. The topological polar surface area (TPSA) is 35.2 Å². The van der Waals surface area contributed by atoms with Gasteiger partial charge in [0, 0.05) is 25.0 Å². The average Bonchev–Trinajstić information content (AvgIpc) is 3.21. The molecule has 0 spiro atoms. The van der Waals surface area contributed by atoms with Gasteiger partial charge in [-0.25, -0.2) is 4.68 Å². The molecule has 1 aliphatic rings. The molecule has 0 fully saturated rings. The molecule has 25 heavy (non-hydrogen) atoms. The maximum Gasteiger partial charge on any atom is 0.199 e. The van der Waals surface area contributed by atoms with Gasteiger partial charge in [0.25, 0.3) is 0 Å². The zero-order valence-electron chi connectivity index (χ0n) is 14.3. The molecule has 2 aromatic heterocycles. The highest BCUT2D eigenvalue weighted by Gasteiger charge is 2.20. The summed E-state index contributed by atoms with van der Waals surface area (Å²) >= 11 is 7.48. The number of hydrogen-bond donors (Lipinski definition) is 0. The molecule has 1 aromatic carbocycles. The summed E-state index contributed by atoms with van der Waals surface area (Å²) in [6, 6.07) is 10.1. The van der Waals surface area contributed by atoms with Crippen LogP contribution in [-0.4, -0.2) is 32.9 Å². The van der Waals surface area contributed by atoms with Gasteiger partial charge in [-0.2, -0.15) is 5.10 Å². The number of nitrogens with zero attached hydrogens (tertiary/aromatic N) is 4. The summed E-state index contributed by atoms with van der Waals surface area (Å²) < 4.78 is 10.1. The van der Waals surface area contributed by atoms with Crippen molar-refractivity contribution < 1.29 is 4.74 Å². The van der Waals surface area contributed by atoms with E-state index in [4.69, 9.17) is 22.1 Å². The highest BCUT2D eigenvalue weighted by Crippen LogP contribution is 2.28. The van der Waals surface area contributed by atoms with Crippen molar-refractivity contribution in [2.75, 3.05) is 13.7 Å². The lowest BCUT2D eigenvalue weighted by atomic mass is 10.1. The minimum Gasteiger partial charge on any atom is -0.496 e. The van der Waals surface area contributed by atoms with Gasteiger partial charge in [-0.1, -0.05) is 12.1 Å². The van der Waals surface area contributed by atoms with Crippen molar-refractivity contribution in [1.82, 2.24) is 19.2 Å². The zero-order chi connectivity index (χ0) is 17.4. The Balaban J connectivity index is 1.63. The summed E-state index contributed by atoms with van der Waals surface area (Å²) in [7, 11) is 3.64. The lowest BCUT2D eigenvalue weighted by Gasteiger charge is -2.26. The van der Waals surface area contributed by atoms with Crippen LogP contribution in [0.25, 0.3) is 11.4 Å². The minimum atomic E-state index is 0.705. The van der Waals surface area contributed by atoms with Crippen molar-refractivity contribution in [3.63, 3.8) is 0 Å². The van der Waals surface area contributed by atoms with Gasteiger partial charge in [0.15, 0.2) is 10.6 Å². The molecule has 0 saturated carbocycles. The number of ether oxygens (including phenoxy) is 1. The van der Waals surface area contributed by atoms with Crippen LogP contribution in [0.5, 0.6) is 5.75 Å². The number of aromatic nitrogens is 3. The lowest BCUT2D eigenvalue weighted by Crippen LogP contribution is -2.32. The van der Waals surface area contributed by atoms with Crippen molar-refractivity contribution in [3.05, 3.63) is 50.9 Å². The molecule has 3 heterocycles. The van der Waals surface area contributed by atoms with Gasteiger partial charge in [0.2, 0.25) is 0 Å². The third-order valence-corrected chi connectivity index (χ3v) is 6.12. The number of methoxy groups -OCH3 is 1. The molecular weight excluding hydrogens is 352 g/mol. The normalized spacial score (nSPS) is 14.5. The Bertz CT molecular complexity index is 956. The van der Waals surface area contributed by atoms with E-state index >= 15 is 0 Å². The van der Waals surface area contributed by atoms with Gasteiger partial charge < -0.3 is 9.30 Å². The minimum absolute atomic E-state index is 0.705. The summed E-state index contributed by atoms with van der Waals surface area (Å²) in [6.07, 6.45) is 1.10. The second-order valence-electron chi connectivity index (χ2n) is 6.18. The van der Waals surface area contributed by atoms with Crippen LogP contribution in [0.4, 0.5) is 0 Å². The van der Waals surface area contributed by atoms with E-state index in [1.807, 2.05) is 51.9 Å². The molecule has 0 amide bonds. The van der Waals surface area contributed by atoms with E-state index in [-0.39, 0.29) is 0 Å². The van der Waals surface area contributed by atoms with E-state index in [9.17, 15) is 0 Å². The summed E-state index contributed by atoms with van der Waals surface area (Å²) in [4.78, 5) is 3.90. The molecule has 4 rings (SSSR count). The molecule has 0 unspecified atom stereocenters. The van der Waals surface area contributed by atoms with Crippen LogP contribution >= 0.6 is 23.6 Å². The fraction of sp³-hybridized carbons (Fsp3) is 0.333. The van der Waals surface area contributed by atoms with Crippen molar-refractivity contribution >= 4 is 23.6 Å². The van der Waals surface area contributed by atoms with Crippen molar-refractivity contribution in [3.8, 4) is 17.1 Å². The first-order chi connectivity index (χ1) is 12.2. The Kier molecular flexibility index (Phi) is 4.45. The molecule has 5 nitrogen and oxygen atoms in total. The monoisotopic (exact) mass is 372 g/mol. The quantitative estimate of drug-likeness (QED) is 0.654.